The molecule has 0 atom stereocenters. The van der Waals surface area contributed by atoms with Gasteiger partial charge >= 0.3 is 68.8 Å². The van der Waals surface area contributed by atoms with Gasteiger partial charge in [-0.25, -0.2) is 0 Å². The molecule has 0 aliphatic rings. The van der Waals surface area contributed by atoms with Gasteiger partial charge < -0.3 is 0 Å². The summed E-state index contributed by atoms with van der Waals surface area (Å²) in [5.41, 5.74) is 0. The first kappa shape index (κ1) is 32.1. The third-order valence-electron chi connectivity index (χ3n) is 0. The van der Waals surface area contributed by atoms with Gasteiger partial charge in [0.25, 0.3) is 0 Å². The van der Waals surface area contributed by atoms with E-state index in [2.05, 4.69) is 13.4 Å². The largest absolute Gasteiger partial charge is 0 e. The van der Waals surface area contributed by atoms with Crippen LogP contribution in [0, 0.1) is 0 Å². The van der Waals surface area contributed by atoms with Crippen LogP contribution in [0.3, 0.4) is 0 Å². The number of hydrogen-bond donors (Lipinski definition) is 0. The predicted octanol–water partition coefficient (Wildman–Crippen LogP) is -1.57. The van der Waals surface area contributed by atoms with Crippen molar-refractivity contribution in [1.29, 1.82) is 0 Å². The quantitative estimate of drug-likeness (QED) is 0.436. The van der Waals surface area contributed by atoms with Gasteiger partial charge in [-0.2, -0.15) is 0 Å². The van der Waals surface area contributed by atoms with Gasteiger partial charge in [-0.3, -0.25) is 0 Å². The number of hydrogen-bond acceptors (Lipinski definition) is 0. The molecule has 0 aliphatic heterocycles. The van der Waals surface area contributed by atoms with Crippen LogP contribution in [0.5, 0.6) is 0 Å². The van der Waals surface area contributed by atoms with E-state index in [4.69, 9.17) is 0 Å². The molecule has 0 saturated carbocycles. The molecule has 0 aromatic rings. The molecular formula is H3CaFeMnMoSeZn. The maximum absolute atomic E-state index is 2.32. The summed E-state index contributed by atoms with van der Waals surface area (Å²) in [7, 11) is 0. The summed E-state index contributed by atoms with van der Waals surface area (Å²) in [4.78, 5) is 0. The smallest absolute Gasteiger partial charge is 0 e. The Morgan fingerprint density at radius 3 is 1.17 bits per heavy atom. The van der Waals surface area contributed by atoms with Crippen molar-refractivity contribution in [3.8, 4) is 0 Å². The van der Waals surface area contributed by atoms with Crippen molar-refractivity contribution in [3.63, 3.8) is 0 Å². The van der Waals surface area contributed by atoms with E-state index in [0.717, 1.165) is 0 Å². The summed E-state index contributed by atoms with van der Waals surface area (Å²) in [6.45, 7) is 0. The Bertz CT molecular complexity index is 15.5. The maximum Gasteiger partial charge on any atom is 0 e. The van der Waals surface area contributed by atoms with Gasteiger partial charge in [-0.05, 0) is 0 Å². The monoisotopic (exact) mass is 396 g/mol. The average molecular weight is 394 g/mol. The van der Waals surface area contributed by atoms with Crippen LogP contribution in [0.25, 0.3) is 0 Å². The van der Waals surface area contributed by atoms with Crippen molar-refractivity contribution in [1.82, 2.24) is 0 Å². The summed E-state index contributed by atoms with van der Waals surface area (Å²) in [6.07, 6.45) is 0. The molecule has 0 saturated heterocycles. The van der Waals surface area contributed by atoms with Crippen molar-refractivity contribution < 1.29 is 71.4 Å². The van der Waals surface area contributed by atoms with E-state index in [-0.39, 0.29) is 91.4 Å². The zero-order valence-corrected chi connectivity index (χ0v) is 11.4. The van der Waals surface area contributed by atoms with Crippen molar-refractivity contribution in [2.45, 2.75) is 0 Å². The molecule has 6 heteroatoms. The first-order valence-electron chi connectivity index (χ1n) is 0.183. The minimum Gasteiger partial charge on any atom is 0 e. The zero-order valence-electron chi connectivity index (χ0n) is 2.29. The molecular weight excluding hydrogens is 391 g/mol. The summed E-state index contributed by atoms with van der Waals surface area (Å²) in [6, 6.07) is 0. The summed E-state index contributed by atoms with van der Waals surface area (Å²) >= 11 is 4.21. The Kier molecular flexibility index (Phi) is 189. The molecule has 0 aromatic carbocycles. The fourth-order valence-electron chi connectivity index (χ4n) is 0. The van der Waals surface area contributed by atoms with Gasteiger partial charge in [0.1, 0.15) is 0 Å². The Labute approximate surface area is 120 Å². The molecule has 0 aliphatic carbocycles. The van der Waals surface area contributed by atoms with Gasteiger partial charge in [0.2, 0.25) is 0 Å². The van der Waals surface area contributed by atoms with Gasteiger partial charge in [-0.1, -0.05) is 0 Å². The summed E-state index contributed by atoms with van der Waals surface area (Å²) in [5, 5.41) is 0. The first-order valence-corrected chi connectivity index (χ1v) is 5.61. The molecule has 0 spiro atoms. The molecule has 6 heavy (non-hydrogen) atoms. The van der Waals surface area contributed by atoms with Crippen LogP contribution >= 0.6 is 0 Å². The van der Waals surface area contributed by atoms with Gasteiger partial charge in [0.05, 0.1) is 0 Å². The second-order valence-corrected chi connectivity index (χ2v) is 0. The van der Waals surface area contributed by atoms with Crippen molar-refractivity contribution >= 4 is 51.1 Å². The fourth-order valence-corrected chi connectivity index (χ4v) is 0. The molecule has 0 fully saturated rings. The van der Waals surface area contributed by atoms with Crippen molar-refractivity contribution in [2.75, 3.05) is 0 Å². The van der Waals surface area contributed by atoms with E-state index >= 15 is 0 Å². The molecule has 34 valence electrons. The minimum absolute atomic E-state index is 0. The van der Waals surface area contributed by atoms with Crippen molar-refractivity contribution in [3.05, 3.63) is 0 Å². The Morgan fingerprint density at radius 1 is 1.17 bits per heavy atom. The fraction of sp³-hybridized carbons (Fsp3) is 0. The van der Waals surface area contributed by atoms with E-state index in [1.54, 1.807) is 0 Å². The van der Waals surface area contributed by atoms with Crippen LogP contribution in [0.15, 0.2) is 0 Å². The normalized spacial score (nSPS) is 0.833. The van der Waals surface area contributed by atoms with E-state index in [1.807, 2.05) is 17.7 Å². The van der Waals surface area contributed by atoms with Crippen LogP contribution in [0.1, 0.15) is 0 Å². The van der Waals surface area contributed by atoms with Gasteiger partial charge in [0.15, 0.2) is 0 Å². The van der Waals surface area contributed by atoms with Gasteiger partial charge in [0, 0.05) is 53.6 Å². The number of rotatable bonds is 0. The zero-order chi connectivity index (χ0) is 2.00. The molecule has 1 radical (unpaired) electrons. The second kappa shape index (κ2) is 35.4. The Hall–Kier alpha value is 4.13. The molecule has 0 heterocycles. The van der Waals surface area contributed by atoms with Crippen LogP contribution in [-0.4, -0.2) is 51.1 Å². The molecule has 0 aromatic heterocycles. The molecule has 0 amide bonds. The third kappa shape index (κ3) is 24.2. The molecule has 0 rings (SSSR count). The average Bonchev–Trinajstić information content (AvgIpc) is 1.00. The molecule has 0 nitrogen and oxygen atoms in total. The van der Waals surface area contributed by atoms with E-state index < -0.39 is 0 Å². The topological polar surface area (TPSA) is 0 Å². The minimum atomic E-state index is 0. The van der Waals surface area contributed by atoms with E-state index in [9.17, 15) is 0 Å². The molecule has 0 N–H and O–H groups in total. The third-order valence-corrected chi connectivity index (χ3v) is 0. The van der Waals surface area contributed by atoms with Crippen molar-refractivity contribution in [2.24, 2.45) is 0 Å². The molecule has 0 bridgehead atoms. The Morgan fingerprint density at radius 2 is 1.17 bits per heavy atom. The first-order chi connectivity index (χ1) is 1.00. The van der Waals surface area contributed by atoms with Crippen LogP contribution in [0.4, 0.5) is 0 Å². The van der Waals surface area contributed by atoms with Gasteiger partial charge in [-0.15, -0.1) is 0 Å². The predicted molar refractivity (Wildman–Crippen MR) is 15.7 cm³/mol. The second-order valence-electron chi connectivity index (χ2n) is 0. The van der Waals surface area contributed by atoms with E-state index in [1.165, 1.54) is 0 Å². The summed E-state index contributed by atoms with van der Waals surface area (Å²) in [5.74, 6) is 0. The Balaban J connectivity index is -0.000000000833. The van der Waals surface area contributed by atoms with Crippen LogP contribution in [-0.2, 0) is 71.4 Å². The summed E-state index contributed by atoms with van der Waals surface area (Å²) < 4.78 is 0. The van der Waals surface area contributed by atoms with Crippen LogP contribution in [0.2, 0.25) is 0 Å². The van der Waals surface area contributed by atoms with Crippen LogP contribution < -0.4 is 0 Å². The van der Waals surface area contributed by atoms with E-state index in [0.29, 0.717) is 0 Å². The standard InChI is InChI=1S/Ca.Fe.Mn.Mo.H2Se.Zn.2H/h;;;;1H2;;;/q;;;+1;;;;/p-1. The molecule has 0 unspecified atom stereocenters. The maximum atomic E-state index is 2.32. The SMILES string of the molecule is [CaH2].[Fe].[Mn].[SeH][Mo].[Zn].